The van der Waals surface area contributed by atoms with Gasteiger partial charge in [0.2, 0.25) is 0 Å². The van der Waals surface area contributed by atoms with Gasteiger partial charge in [0.25, 0.3) is 0 Å². The van der Waals surface area contributed by atoms with Gasteiger partial charge in [0.05, 0.1) is 0 Å². The summed E-state index contributed by atoms with van der Waals surface area (Å²) in [6, 6.07) is 0. The second-order valence-corrected chi connectivity index (χ2v) is 12.3. The number of unbranched alkanes of at least 4 members (excludes halogenated alkanes) is 24. The van der Waals surface area contributed by atoms with Crippen molar-refractivity contribution in [1.82, 2.24) is 15.0 Å². The lowest BCUT2D eigenvalue weighted by Gasteiger charge is -2.08. The van der Waals surface area contributed by atoms with Gasteiger partial charge < -0.3 is 0 Å². The molecular formula is C36H69N3. The second-order valence-electron chi connectivity index (χ2n) is 12.3. The number of aryl methyl sites for hydroxylation is 3. The largest absolute Gasteiger partial charge is 0.218 e. The van der Waals surface area contributed by atoms with Crippen LogP contribution in [-0.4, -0.2) is 15.0 Å². The molecule has 0 fully saturated rings. The molecule has 0 aliphatic heterocycles. The van der Waals surface area contributed by atoms with Gasteiger partial charge in [-0.1, -0.05) is 175 Å². The third-order valence-electron chi connectivity index (χ3n) is 8.26. The number of hydrogen-bond acceptors (Lipinski definition) is 3. The van der Waals surface area contributed by atoms with E-state index in [-0.39, 0.29) is 0 Å². The summed E-state index contributed by atoms with van der Waals surface area (Å²) in [5.74, 6) is 3.14. The van der Waals surface area contributed by atoms with Gasteiger partial charge in [0.15, 0.2) is 0 Å². The molecule has 1 rings (SSSR count). The Bertz CT molecular complexity index is 581. The third kappa shape index (κ3) is 23.4. The van der Waals surface area contributed by atoms with Crippen molar-refractivity contribution >= 4 is 0 Å². The van der Waals surface area contributed by atoms with E-state index in [1.807, 2.05) is 0 Å². The van der Waals surface area contributed by atoms with E-state index in [2.05, 4.69) is 20.8 Å². The van der Waals surface area contributed by atoms with E-state index in [1.54, 1.807) is 0 Å². The van der Waals surface area contributed by atoms with Gasteiger partial charge in [-0.2, -0.15) is 0 Å². The first kappa shape index (κ1) is 36.0. The van der Waals surface area contributed by atoms with Crippen molar-refractivity contribution in [2.75, 3.05) is 0 Å². The minimum Gasteiger partial charge on any atom is -0.218 e. The molecule has 0 amide bonds. The van der Waals surface area contributed by atoms with Crippen LogP contribution in [0.25, 0.3) is 0 Å². The van der Waals surface area contributed by atoms with Crippen molar-refractivity contribution in [3.05, 3.63) is 17.5 Å². The van der Waals surface area contributed by atoms with Gasteiger partial charge in [0.1, 0.15) is 17.5 Å². The van der Waals surface area contributed by atoms with Crippen molar-refractivity contribution in [2.24, 2.45) is 0 Å². The molecule has 0 unspecified atom stereocenters. The van der Waals surface area contributed by atoms with Crippen LogP contribution < -0.4 is 0 Å². The quantitative estimate of drug-likeness (QED) is 0.0905. The molecule has 1 aromatic heterocycles. The van der Waals surface area contributed by atoms with Gasteiger partial charge in [-0.15, -0.1) is 0 Å². The van der Waals surface area contributed by atoms with E-state index >= 15 is 0 Å². The van der Waals surface area contributed by atoms with Crippen LogP contribution in [0.1, 0.15) is 212 Å². The van der Waals surface area contributed by atoms with Crippen LogP contribution in [0, 0.1) is 0 Å². The fraction of sp³-hybridized carbons (Fsp3) is 0.917. The molecule has 0 bridgehead atoms. The maximum absolute atomic E-state index is 4.88. The molecule has 0 radical (unpaired) electrons. The highest BCUT2D eigenvalue weighted by molar-refractivity contribution is 4.98. The van der Waals surface area contributed by atoms with Crippen LogP contribution in [-0.2, 0) is 19.3 Å². The maximum Gasteiger partial charge on any atom is 0.132 e. The Morgan fingerprint density at radius 1 is 0.256 bits per heavy atom. The highest BCUT2D eigenvalue weighted by Crippen LogP contribution is 2.15. The summed E-state index contributed by atoms with van der Waals surface area (Å²) in [7, 11) is 0. The maximum atomic E-state index is 4.88. The Labute approximate surface area is 245 Å². The number of hydrogen-bond donors (Lipinski definition) is 0. The molecule has 0 N–H and O–H groups in total. The fourth-order valence-electron chi connectivity index (χ4n) is 5.68. The van der Waals surface area contributed by atoms with Crippen LogP contribution >= 0.6 is 0 Å². The molecule has 1 aromatic rings. The molecule has 0 aliphatic rings. The average molecular weight is 544 g/mol. The molecular weight excluding hydrogens is 474 g/mol. The topological polar surface area (TPSA) is 38.7 Å². The average Bonchev–Trinajstić information content (AvgIpc) is 2.94. The number of aromatic nitrogens is 3. The van der Waals surface area contributed by atoms with Crippen LogP contribution in [0.15, 0.2) is 0 Å². The second kappa shape index (κ2) is 28.5. The highest BCUT2D eigenvalue weighted by atomic mass is 15.0. The Kier molecular flexibility index (Phi) is 26.4. The minimum absolute atomic E-state index is 0.986. The summed E-state index contributed by atoms with van der Waals surface area (Å²) in [5, 5.41) is 0. The number of rotatable bonds is 30. The van der Waals surface area contributed by atoms with E-state index in [4.69, 9.17) is 15.0 Å². The van der Waals surface area contributed by atoms with Crippen LogP contribution in [0.4, 0.5) is 0 Å². The first-order chi connectivity index (χ1) is 19.3. The predicted octanol–water partition coefficient (Wildman–Crippen LogP) is 12.1. The summed E-state index contributed by atoms with van der Waals surface area (Å²) in [4.78, 5) is 14.5. The SMILES string of the molecule is CCCCCCCCCCCCCCCc1nc(CCC)nc(CCCCCCCCCCCCCCC)n1. The Balaban J connectivity index is 2.09. The van der Waals surface area contributed by atoms with E-state index < -0.39 is 0 Å². The van der Waals surface area contributed by atoms with Gasteiger partial charge in [0, 0.05) is 19.3 Å². The summed E-state index contributed by atoms with van der Waals surface area (Å²) < 4.78 is 0. The molecule has 3 nitrogen and oxygen atoms in total. The van der Waals surface area contributed by atoms with E-state index in [0.29, 0.717) is 0 Å². The van der Waals surface area contributed by atoms with Crippen LogP contribution in [0.5, 0.6) is 0 Å². The molecule has 0 saturated heterocycles. The molecule has 0 spiro atoms. The summed E-state index contributed by atoms with van der Waals surface area (Å²) in [5.41, 5.74) is 0. The molecule has 0 aliphatic carbocycles. The van der Waals surface area contributed by atoms with Gasteiger partial charge >= 0.3 is 0 Å². The lowest BCUT2D eigenvalue weighted by Crippen LogP contribution is -2.08. The molecule has 0 atom stereocenters. The van der Waals surface area contributed by atoms with E-state index in [9.17, 15) is 0 Å². The lowest BCUT2D eigenvalue weighted by atomic mass is 10.0. The highest BCUT2D eigenvalue weighted by Gasteiger charge is 2.07. The monoisotopic (exact) mass is 544 g/mol. The standard InChI is InChI=1S/C36H69N3/c1-4-7-9-11-13-15-17-19-21-23-25-27-29-32-35-37-34(31-6-3)38-36(39-35)33-30-28-26-24-22-20-18-16-14-12-10-8-5-2/h4-33H2,1-3H3. The van der Waals surface area contributed by atoms with E-state index in [0.717, 1.165) is 43.2 Å². The van der Waals surface area contributed by atoms with Crippen LogP contribution in [0.2, 0.25) is 0 Å². The Hall–Kier alpha value is -0.990. The first-order valence-corrected chi connectivity index (χ1v) is 18.0. The predicted molar refractivity (Wildman–Crippen MR) is 173 cm³/mol. The smallest absolute Gasteiger partial charge is 0.132 e. The first-order valence-electron chi connectivity index (χ1n) is 18.0. The number of nitrogens with zero attached hydrogens (tertiary/aromatic N) is 3. The lowest BCUT2D eigenvalue weighted by molar-refractivity contribution is 0.535. The summed E-state index contributed by atoms with van der Waals surface area (Å²) in [6.07, 6.45) is 40.5. The molecule has 0 aromatic carbocycles. The van der Waals surface area contributed by atoms with E-state index in [1.165, 1.54) is 167 Å². The van der Waals surface area contributed by atoms with Crippen molar-refractivity contribution in [1.29, 1.82) is 0 Å². The van der Waals surface area contributed by atoms with Crippen molar-refractivity contribution in [2.45, 2.75) is 213 Å². The third-order valence-corrected chi connectivity index (χ3v) is 8.26. The zero-order valence-corrected chi connectivity index (χ0v) is 27.1. The minimum atomic E-state index is 0.986. The summed E-state index contributed by atoms with van der Waals surface area (Å²) in [6.45, 7) is 6.82. The van der Waals surface area contributed by atoms with Gasteiger partial charge in [-0.05, 0) is 19.3 Å². The molecule has 39 heavy (non-hydrogen) atoms. The van der Waals surface area contributed by atoms with Crippen molar-refractivity contribution in [3.63, 3.8) is 0 Å². The van der Waals surface area contributed by atoms with Crippen LogP contribution in [0.3, 0.4) is 0 Å². The zero-order chi connectivity index (χ0) is 28.1. The fourth-order valence-corrected chi connectivity index (χ4v) is 5.68. The molecule has 228 valence electrons. The Morgan fingerprint density at radius 2 is 0.487 bits per heavy atom. The normalized spacial score (nSPS) is 11.5. The van der Waals surface area contributed by atoms with Gasteiger partial charge in [-0.25, -0.2) is 15.0 Å². The summed E-state index contributed by atoms with van der Waals surface area (Å²) >= 11 is 0. The van der Waals surface area contributed by atoms with Crippen molar-refractivity contribution in [3.8, 4) is 0 Å². The zero-order valence-electron chi connectivity index (χ0n) is 27.1. The molecule has 1 heterocycles. The van der Waals surface area contributed by atoms with Crippen molar-refractivity contribution < 1.29 is 0 Å². The molecule has 3 heteroatoms. The van der Waals surface area contributed by atoms with Gasteiger partial charge in [-0.3, -0.25) is 0 Å². The molecule has 0 saturated carbocycles. The Morgan fingerprint density at radius 3 is 0.744 bits per heavy atom.